The minimum absolute atomic E-state index is 0.0796. The highest BCUT2D eigenvalue weighted by atomic mass is 16.5. The highest BCUT2D eigenvalue weighted by Gasteiger charge is 2.30. The number of morpholine rings is 1. The van der Waals surface area contributed by atoms with Crippen LogP contribution in [0.4, 0.5) is 5.69 Å². The molecule has 1 unspecified atom stereocenters. The Bertz CT molecular complexity index is 405. The first kappa shape index (κ1) is 12.1. The second-order valence-electron chi connectivity index (χ2n) is 4.10. The number of carbonyl (C=O) groups excluding carboxylic acids is 1. The van der Waals surface area contributed by atoms with Crippen molar-refractivity contribution in [2.75, 3.05) is 24.7 Å². The normalized spacial score (nSPS) is 20.7. The average Bonchev–Trinajstić information content (AvgIpc) is 2.38. The fourth-order valence-corrected chi connectivity index (χ4v) is 2.14. The number of anilines is 1. The SMILES string of the molecule is CCc1ccccc1N1C(=O)COCC1CO. The molecule has 1 fully saturated rings. The van der Waals surface area contributed by atoms with Crippen molar-refractivity contribution in [1.29, 1.82) is 0 Å². The number of nitrogens with zero attached hydrogens (tertiary/aromatic N) is 1. The van der Waals surface area contributed by atoms with E-state index in [1.165, 1.54) is 0 Å². The first-order valence-corrected chi connectivity index (χ1v) is 5.86. The number of amides is 1. The lowest BCUT2D eigenvalue weighted by atomic mass is 10.1. The number of carbonyl (C=O) groups is 1. The molecule has 1 amide bonds. The lowest BCUT2D eigenvalue weighted by Crippen LogP contribution is -2.51. The standard InChI is InChI=1S/C13H17NO3/c1-2-10-5-3-4-6-12(10)14-11(7-15)8-17-9-13(14)16/h3-6,11,15H,2,7-9H2,1H3. The van der Waals surface area contributed by atoms with Gasteiger partial charge in [-0.3, -0.25) is 4.79 Å². The van der Waals surface area contributed by atoms with Crippen molar-refractivity contribution in [3.8, 4) is 0 Å². The second-order valence-corrected chi connectivity index (χ2v) is 4.10. The average molecular weight is 235 g/mol. The summed E-state index contributed by atoms with van der Waals surface area (Å²) >= 11 is 0. The van der Waals surface area contributed by atoms with Crippen molar-refractivity contribution in [2.45, 2.75) is 19.4 Å². The van der Waals surface area contributed by atoms with Crippen LogP contribution in [-0.2, 0) is 16.0 Å². The summed E-state index contributed by atoms with van der Waals surface area (Å²) < 4.78 is 5.16. The molecule has 0 saturated carbocycles. The van der Waals surface area contributed by atoms with Gasteiger partial charge in [-0.1, -0.05) is 25.1 Å². The minimum atomic E-state index is -0.274. The van der Waals surface area contributed by atoms with Crippen LogP contribution in [0.15, 0.2) is 24.3 Å². The fraction of sp³-hybridized carbons (Fsp3) is 0.462. The zero-order valence-electron chi connectivity index (χ0n) is 9.93. The molecule has 0 aromatic heterocycles. The van der Waals surface area contributed by atoms with Crippen LogP contribution in [0.3, 0.4) is 0 Å². The predicted molar refractivity (Wildman–Crippen MR) is 65.0 cm³/mol. The van der Waals surface area contributed by atoms with Gasteiger partial charge in [0, 0.05) is 5.69 Å². The molecule has 1 aliphatic heterocycles. The van der Waals surface area contributed by atoms with Crippen molar-refractivity contribution in [3.05, 3.63) is 29.8 Å². The summed E-state index contributed by atoms with van der Waals surface area (Å²) in [6, 6.07) is 7.52. The maximum atomic E-state index is 11.9. The molecule has 4 heteroatoms. The lowest BCUT2D eigenvalue weighted by molar-refractivity contribution is -0.128. The third-order valence-electron chi connectivity index (χ3n) is 3.01. The summed E-state index contributed by atoms with van der Waals surface area (Å²) in [7, 11) is 0. The van der Waals surface area contributed by atoms with Gasteiger partial charge in [0.25, 0.3) is 5.91 Å². The number of para-hydroxylation sites is 1. The van der Waals surface area contributed by atoms with E-state index in [0.29, 0.717) is 6.61 Å². The Hall–Kier alpha value is -1.39. The van der Waals surface area contributed by atoms with Crippen LogP contribution in [-0.4, -0.2) is 36.9 Å². The number of hydrogen-bond donors (Lipinski definition) is 1. The predicted octanol–water partition coefficient (Wildman–Crippen LogP) is 0.973. The summed E-state index contributed by atoms with van der Waals surface area (Å²) in [5.74, 6) is -0.0869. The molecule has 1 aromatic carbocycles. The molecule has 1 atom stereocenters. The van der Waals surface area contributed by atoms with Crippen LogP contribution in [0.25, 0.3) is 0 Å². The molecule has 1 aromatic rings. The Morgan fingerprint density at radius 2 is 2.24 bits per heavy atom. The van der Waals surface area contributed by atoms with E-state index in [1.807, 2.05) is 24.3 Å². The van der Waals surface area contributed by atoms with Gasteiger partial charge in [-0.2, -0.15) is 0 Å². The Kier molecular flexibility index (Phi) is 3.76. The van der Waals surface area contributed by atoms with Crippen LogP contribution in [0.2, 0.25) is 0 Å². The summed E-state index contributed by atoms with van der Waals surface area (Å²) in [5.41, 5.74) is 2.00. The zero-order valence-corrected chi connectivity index (χ0v) is 9.93. The van der Waals surface area contributed by atoms with E-state index < -0.39 is 0 Å². The molecule has 1 aliphatic rings. The molecule has 0 aliphatic carbocycles. The molecule has 4 nitrogen and oxygen atoms in total. The molecule has 0 spiro atoms. The van der Waals surface area contributed by atoms with Gasteiger partial charge in [-0.05, 0) is 18.1 Å². The van der Waals surface area contributed by atoms with Gasteiger partial charge >= 0.3 is 0 Å². The van der Waals surface area contributed by atoms with Crippen LogP contribution >= 0.6 is 0 Å². The third-order valence-corrected chi connectivity index (χ3v) is 3.01. The number of benzene rings is 1. The number of rotatable bonds is 3. The molecular weight excluding hydrogens is 218 g/mol. The first-order chi connectivity index (χ1) is 8.27. The van der Waals surface area contributed by atoms with E-state index in [-0.39, 0.29) is 25.2 Å². The van der Waals surface area contributed by atoms with E-state index >= 15 is 0 Å². The summed E-state index contributed by atoms with van der Waals surface area (Å²) in [6.45, 7) is 2.45. The van der Waals surface area contributed by atoms with E-state index in [0.717, 1.165) is 17.7 Å². The number of aliphatic hydroxyl groups excluding tert-OH is 1. The van der Waals surface area contributed by atoms with Crippen molar-refractivity contribution in [1.82, 2.24) is 0 Å². The molecule has 1 heterocycles. The van der Waals surface area contributed by atoms with Crippen molar-refractivity contribution in [3.63, 3.8) is 0 Å². The number of aliphatic hydroxyl groups is 1. The van der Waals surface area contributed by atoms with Crippen molar-refractivity contribution in [2.24, 2.45) is 0 Å². The van der Waals surface area contributed by atoms with Gasteiger partial charge in [0.15, 0.2) is 0 Å². The zero-order chi connectivity index (χ0) is 12.3. The maximum Gasteiger partial charge on any atom is 0.253 e. The van der Waals surface area contributed by atoms with E-state index in [2.05, 4.69) is 6.92 Å². The quantitative estimate of drug-likeness (QED) is 0.849. The Balaban J connectivity index is 2.37. The summed E-state index contributed by atoms with van der Waals surface area (Å²) in [6.07, 6.45) is 0.860. The maximum absolute atomic E-state index is 11.9. The van der Waals surface area contributed by atoms with Crippen LogP contribution in [0.5, 0.6) is 0 Å². The van der Waals surface area contributed by atoms with Crippen molar-refractivity contribution >= 4 is 11.6 Å². The molecule has 2 rings (SSSR count). The van der Waals surface area contributed by atoms with E-state index in [9.17, 15) is 9.90 Å². The Morgan fingerprint density at radius 1 is 1.47 bits per heavy atom. The highest BCUT2D eigenvalue weighted by Crippen LogP contribution is 2.25. The Labute approximate surface area is 101 Å². The van der Waals surface area contributed by atoms with Gasteiger partial charge in [-0.15, -0.1) is 0 Å². The molecule has 0 bridgehead atoms. The lowest BCUT2D eigenvalue weighted by Gasteiger charge is -2.35. The molecular formula is C13H17NO3. The second kappa shape index (κ2) is 5.29. The van der Waals surface area contributed by atoms with Gasteiger partial charge in [-0.25, -0.2) is 0 Å². The van der Waals surface area contributed by atoms with E-state index in [4.69, 9.17) is 4.74 Å². The largest absolute Gasteiger partial charge is 0.394 e. The molecule has 0 radical (unpaired) electrons. The number of ether oxygens (including phenoxy) is 1. The smallest absolute Gasteiger partial charge is 0.253 e. The topological polar surface area (TPSA) is 49.8 Å². The number of aryl methyl sites for hydroxylation is 1. The number of hydrogen-bond acceptors (Lipinski definition) is 3. The fourth-order valence-electron chi connectivity index (χ4n) is 2.14. The minimum Gasteiger partial charge on any atom is -0.394 e. The van der Waals surface area contributed by atoms with Crippen LogP contribution in [0, 0.1) is 0 Å². The van der Waals surface area contributed by atoms with Crippen LogP contribution < -0.4 is 4.90 Å². The highest BCUT2D eigenvalue weighted by molar-refractivity contribution is 5.96. The van der Waals surface area contributed by atoms with E-state index in [1.54, 1.807) is 4.90 Å². The molecule has 1 N–H and O–H groups in total. The molecule has 17 heavy (non-hydrogen) atoms. The first-order valence-electron chi connectivity index (χ1n) is 5.86. The third kappa shape index (κ3) is 2.33. The summed E-state index contributed by atoms with van der Waals surface area (Å²) in [5, 5.41) is 9.33. The molecule has 92 valence electrons. The van der Waals surface area contributed by atoms with Crippen molar-refractivity contribution < 1.29 is 14.6 Å². The van der Waals surface area contributed by atoms with Gasteiger partial charge < -0.3 is 14.7 Å². The van der Waals surface area contributed by atoms with Gasteiger partial charge in [0.2, 0.25) is 0 Å². The van der Waals surface area contributed by atoms with Gasteiger partial charge in [0.1, 0.15) is 6.61 Å². The Morgan fingerprint density at radius 3 is 2.94 bits per heavy atom. The summed E-state index contributed by atoms with van der Waals surface area (Å²) in [4.78, 5) is 13.6. The monoisotopic (exact) mass is 235 g/mol. The molecule has 1 saturated heterocycles. The van der Waals surface area contributed by atoms with Gasteiger partial charge in [0.05, 0.1) is 19.3 Å². The van der Waals surface area contributed by atoms with Crippen LogP contribution in [0.1, 0.15) is 12.5 Å².